The molecule has 3 aromatic rings. The summed E-state index contributed by atoms with van der Waals surface area (Å²) in [5, 5.41) is 16.2. The van der Waals surface area contributed by atoms with Crippen LogP contribution in [0.25, 0.3) is 16.3 Å². The molecule has 0 unspecified atom stereocenters. The zero-order valence-electron chi connectivity index (χ0n) is 8.95. The molecule has 0 aliphatic rings. The van der Waals surface area contributed by atoms with Gasteiger partial charge in [-0.3, -0.25) is 0 Å². The lowest BCUT2D eigenvalue weighted by Crippen LogP contribution is -1.94. The van der Waals surface area contributed by atoms with Crippen molar-refractivity contribution in [3.05, 3.63) is 54.0 Å². The van der Waals surface area contributed by atoms with Gasteiger partial charge < -0.3 is 5.11 Å². The van der Waals surface area contributed by atoms with Crippen molar-refractivity contribution >= 4 is 11.3 Å². The van der Waals surface area contributed by atoms with Crippen molar-refractivity contribution in [1.29, 1.82) is 0 Å². The van der Waals surface area contributed by atoms with E-state index in [-0.39, 0.29) is 5.75 Å². The number of phenols is 1. The van der Waals surface area contributed by atoms with Crippen molar-refractivity contribution in [2.45, 2.75) is 0 Å². The number of hydrogen-bond donors (Lipinski definition) is 1. The summed E-state index contributed by atoms with van der Waals surface area (Å²) in [5.74, 6) is 0.230. The van der Waals surface area contributed by atoms with Crippen molar-refractivity contribution in [2.75, 3.05) is 0 Å². The lowest BCUT2D eigenvalue weighted by molar-refractivity contribution is 0.470. The first-order valence-electron chi connectivity index (χ1n) is 5.22. The highest BCUT2D eigenvalue weighted by Gasteiger charge is 2.06. The maximum absolute atomic E-state index is 9.75. The Kier molecular flexibility index (Phi) is 2.42. The number of aromatic hydroxyl groups is 1. The summed E-state index contributed by atoms with van der Waals surface area (Å²) in [6.07, 6.45) is 1.85. The van der Waals surface area contributed by atoms with Crippen molar-refractivity contribution in [2.24, 2.45) is 0 Å². The molecule has 0 atom stereocenters. The first kappa shape index (κ1) is 10.1. The largest absolute Gasteiger partial charge is 0.506 e. The van der Waals surface area contributed by atoms with Gasteiger partial charge in [-0.1, -0.05) is 18.2 Å². The van der Waals surface area contributed by atoms with Crippen LogP contribution in [0.5, 0.6) is 5.75 Å². The summed E-state index contributed by atoms with van der Waals surface area (Å²) in [6.45, 7) is 0. The van der Waals surface area contributed by atoms with Gasteiger partial charge in [0.1, 0.15) is 17.1 Å². The molecule has 2 aromatic heterocycles. The monoisotopic (exact) mass is 242 g/mol. The molecule has 0 aliphatic carbocycles. The molecule has 0 saturated heterocycles. The molecule has 0 saturated carbocycles. The number of phenolic OH excluding ortho intramolecular Hbond substituents is 1. The SMILES string of the molecule is Oc1ccccc1-n1ccc(-c2cccs2)n1. The molecule has 0 radical (unpaired) electrons. The van der Waals surface area contributed by atoms with Crippen molar-refractivity contribution in [1.82, 2.24) is 9.78 Å². The van der Waals surface area contributed by atoms with Crippen LogP contribution in [0.15, 0.2) is 54.0 Å². The number of para-hydroxylation sites is 2. The third kappa shape index (κ3) is 1.83. The van der Waals surface area contributed by atoms with E-state index >= 15 is 0 Å². The van der Waals surface area contributed by atoms with E-state index in [1.54, 1.807) is 28.2 Å². The summed E-state index contributed by atoms with van der Waals surface area (Å²) < 4.78 is 1.68. The van der Waals surface area contributed by atoms with Crippen LogP contribution >= 0.6 is 11.3 Å². The lowest BCUT2D eigenvalue weighted by Gasteiger charge is -2.02. The Hall–Kier alpha value is -2.07. The fraction of sp³-hybridized carbons (Fsp3) is 0. The molecule has 3 rings (SSSR count). The van der Waals surface area contributed by atoms with E-state index < -0.39 is 0 Å². The second kappa shape index (κ2) is 4.07. The highest BCUT2D eigenvalue weighted by atomic mass is 32.1. The Morgan fingerprint density at radius 1 is 1.06 bits per heavy atom. The second-order valence-electron chi connectivity index (χ2n) is 3.61. The van der Waals surface area contributed by atoms with Crippen LogP contribution in [0.1, 0.15) is 0 Å². The molecular weight excluding hydrogens is 232 g/mol. The normalized spacial score (nSPS) is 10.6. The Labute approximate surface area is 103 Å². The number of hydrogen-bond acceptors (Lipinski definition) is 3. The van der Waals surface area contributed by atoms with E-state index in [9.17, 15) is 5.11 Å². The van der Waals surface area contributed by atoms with Gasteiger partial charge in [0.15, 0.2) is 0 Å². The summed E-state index contributed by atoms with van der Waals surface area (Å²) in [4.78, 5) is 1.12. The van der Waals surface area contributed by atoms with Gasteiger partial charge in [-0.2, -0.15) is 5.10 Å². The quantitative estimate of drug-likeness (QED) is 0.748. The van der Waals surface area contributed by atoms with E-state index in [0.29, 0.717) is 5.69 Å². The molecular formula is C13H10N2OS. The molecule has 0 bridgehead atoms. The average Bonchev–Trinajstić information content (AvgIpc) is 3.00. The molecule has 1 N–H and O–H groups in total. The van der Waals surface area contributed by atoms with Crippen LogP contribution in [-0.2, 0) is 0 Å². The second-order valence-corrected chi connectivity index (χ2v) is 4.56. The first-order chi connectivity index (χ1) is 8.34. The first-order valence-corrected chi connectivity index (χ1v) is 6.10. The lowest BCUT2D eigenvalue weighted by atomic mass is 10.3. The molecule has 3 nitrogen and oxygen atoms in total. The maximum atomic E-state index is 9.75. The van der Waals surface area contributed by atoms with Crippen LogP contribution in [0.2, 0.25) is 0 Å². The topological polar surface area (TPSA) is 38.0 Å². The zero-order valence-corrected chi connectivity index (χ0v) is 9.76. The van der Waals surface area contributed by atoms with Gasteiger partial charge in [-0.25, -0.2) is 4.68 Å². The van der Waals surface area contributed by atoms with Crippen molar-refractivity contribution in [3.63, 3.8) is 0 Å². The highest BCUT2D eigenvalue weighted by molar-refractivity contribution is 7.13. The molecule has 84 valence electrons. The Morgan fingerprint density at radius 2 is 1.94 bits per heavy atom. The van der Waals surface area contributed by atoms with E-state index in [0.717, 1.165) is 10.6 Å². The molecule has 2 heterocycles. The van der Waals surface area contributed by atoms with Gasteiger partial charge in [0, 0.05) is 6.20 Å². The minimum absolute atomic E-state index is 0.230. The standard InChI is InChI=1S/C13H10N2OS/c16-12-5-2-1-4-11(12)15-8-7-10(14-15)13-6-3-9-17-13/h1-9,16H. The summed E-state index contributed by atoms with van der Waals surface area (Å²) in [6, 6.07) is 13.1. The van der Waals surface area contributed by atoms with Gasteiger partial charge in [-0.15, -0.1) is 11.3 Å². The average molecular weight is 242 g/mol. The summed E-state index contributed by atoms with van der Waals surface area (Å²) in [7, 11) is 0. The number of nitrogens with zero attached hydrogens (tertiary/aromatic N) is 2. The number of rotatable bonds is 2. The Balaban J connectivity index is 2.04. The van der Waals surface area contributed by atoms with Crippen LogP contribution < -0.4 is 0 Å². The van der Waals surface area contributed by atoms with Crippen molar-refractivity contribution in [3.8, 4) is 22.0 Å². The maximum Gasteiger partial charge on any atom is 0.141 e. The van der Waals surface area contributed by atoms with Crippen LogP contribution in [0.4, 0.5) is 0 Å². The Bertz CT molecular complexity index is 628. The zero-order chi connectivity index (χ0) is 11.7. The molecule has 0 aliphatic heterocycles. The van der Waals surface area contributed by atoms with E-state index in [1.165, 1.54) is 0 Å². The molecule has 0 spiro atoms. The third-order valence-electron chi connectivity index (χ3n) is 2.49. The summed E-state index contributed by atoms with van der Waals surface area (Å²) >= 11 is 1.65. The number of benzene rings is 1. The minimum atomic E-state index is 0.230. The van der Waals surface area contributed by atoms with Gasteiger partial charge in [0.25, 0.3) is 0 Å². The molecule has 17 heavy (non-hydrogen) atoms. The number of thiophene rings is 1. The highest BCUT2D eigenvalue weighted by Crippen LogP contribution is 2.25. The van der Waals surface area contributed by atoms with Crippen LogP contribution in [0.3, 0.4) is 0 Å². The Morgan fingerprint density at radius 3 is 2.71 bits per heavy atom. The van der Waals surface area contributed by atoms with Gasteiger partial charge in [0.05, 0.1) is 4.88 Å². The fourth-order valence-electron chi connectivity index (χ4n) is 1.67. The number of aromatic nitrogens is 2. The minimum Gasteiger partial charge on any atom is -0.506 e. The molecule has 4 heteroatoms. The van der Waals surface area contributed by atoms with E-state index in [1.807, 2.05) is 41.9 Å². The van der Waals surface area contributed by atoms with Gasteiger partial charge in [-0.05, 0) is 29.6 Å². The predicted octanol–water partition coefficient (Wildman–Crippen LogP) is 3.31. The van der Waals surface area contributed by atoms with Crippen molar-refractivity contribution < 1.29 is 5.11 Å². The molecule has 0 fully saturated rings. The van der Waals surface area contributed by atoms with Gasteiger partial charge in [0.2, 0.25) is 0 Å². The van der Waals surface area contributed by atoms with E-state index in [4.69, 9.17) is 0 Å². The fourth-order valence-corrected chi connectivity index (χ4v) is 2.36. The van der Waals surface area contributed by atoms with Gasteiger partial charge >= 0.3 is 0 Å². The molecule has 0 amide bonds. The third-order valence-corrected chi connectivity index (χ3v) is 3.38. The molecule has 1 aromatic carbocycles. The van der Waals surface area contributed by atoms with Crippen LogP contribution in [0, 0.1) is 0 Å². The van der Waals surface area contributed by atoms with E-state index in [2.05, 4.69) is 5.10 Å². The van der Waals surface area contributed by atoms with Crippen LogP contribution in [-0.4, -0.2) is 14.9 Å². The smallest absolute Gasteiger partial charge is 0.141 e. The summed E-state index contributed by atoms with van der Waals surface area (Å²) in [5.41, 5.74) is 1.61. The predicted molar refractivity (Wildman–Crippen MR) is 68.5 cm³/mol.